The van der Waals surface area contributed by atoms with Crippen LogP contribution in [0.15, 0.2) is 6.20 Å². The number of methoxy groups -OCH3 is 1. The fraction of sp³-hybridized carbons (Fsp3) is 0.583. The zero-order chi connectivity index (χ0) is 14.7. The van der Waals surface area contributed by atoms with Crippen molar-refractivity contribution < 1.29 is 9.84 Å². The van der Waals surface area contributed by atoms with Gasteiger partial charge in [0.1, 0.15) is 11.0 Å². The number of halogens is 1. The Bertz CT molecular complexity index is 588. The average Bonchev–Trinajstić information content (AvgIpc) is 2.71. The van der Waals surface area contributed by atoms with E-state index in [4.69, 9.17) is 16.3 Å². The van der Waals surface area contributed by atoms with Crippen LogP contribution < -0.4 is 0 Å². The number of fused-ring (bicyclic) bond motifs is 1. The lowest BCUT2D eigenvalue weighted by atomic mass is 10.3. The van der Waals surface area contributed by atoms with E-state index >= 15 is 0 Å². The van der Waals surface area contributed by atoms with Gasteiger partial charge >= 0.3 is 0 Å². The molecule has 0 bridgehead atoms. The summed E-state index contributed by atoms with van der Waals surface area (Å²) in [6.07, 6.45) is 1.11. The van der Waals surface area contributed by atoms with Crippen molar-refractivity contribution in [3.8, 4) is 0 Å². The summed E-state index contributed by atoms with van der Waals surface area (Å²) >= 11 is 6.12. The number of ether oxygens (including phenoxy) is 1. The molecule has 2 rings (SSSR count). The van der Waals surface area contributed by atoms with E-state index in [1.807, 2.05) is 19.0 Å². The van der Waals surface area contributed by atoms with Gasteiger partial charge in [0.05, 0.1) is 30.8 Å². The molecule has 8 heteroatoms. The molecule has 0 amide bonds. The molecule has 0 spiro atoms. The van der Waals surface area contributed by atoms with Gasteiger partial charge in [0.25, 0.3) is 0 Å². The van der Waals surface area contributed by atoms with E-state index in [0.717, 1.165) is 5.39 Å². The summed E-state index contributed by atoms with van der Waals surface area (Å²) < 4.78 is 6.56. The molecule has 0 radical (unpaired) electrons. The molecule has 0 aromatic carbocycles. The molecule has 0 saturated carbocycles. The van der Waals surface area contributed by atoms with Crippen LogP contribution in [0.5, 0.6) is 0 Å². The number of hydrogen-bond donors (Lipinski definition) is 1. The van der Waals surface area contributed by atoms with Gasteiger partial charge in [-0.1, -0.05) is 11.6 Å². The summed E-state index contributed by atoms with van der Waals surface area (Å²) in [5, 5.41) is 14.9. The van der Waals surface area contributed by atoms with Gasteiger partial charge in [-0.25, -0.2) is 9.97 Å². The number of nitrogens with zero attached hydrogens (tertiary/aromatic N) is 5. The fourth-order valence-electron chi connectivity index (χ4n) is 2.01. The maximum absolute atomic E-state index is 9.69. The molecule has 0 fully saturated rings. The highest BCUT2D eigenvalue weighted by atomic mass is 35.5. The van der Waals surface area contributed by atoms with Crippen LogP contribution in [-0.2, 0) is 18.3 Å². The van der Waals surface area contributed by atoms with E-state index in [0.29, 0.717) is 36.3 Å². The first-order valence-electron chi connectivity index (χ1n) is 6.21. The minimum Gasteiger partial charge on any atom is -0.389 e. The van der Waals surface area contributed by atoms with E-state index < -0.39 is 6.10 Å². The second-order valence-electron chi connectivity index (χ2n) is 4.74. The standard InChI is InChI=1S/C12H18ClN5O2/c1-17(5-8(19)7-20-3)6-10-15-11(13)9-4-14-18(2)12(9)16-10/h4,8,19H,5-7H2,1-3H3. The maximum atomic E-state index is 9.69. The van der Waals surface area contributed by atoms with Crippen molar-refractivity contribution in [1.29, 1.82) is 0 Å². The molecule has 1 unspecified atom stereocenters. The predicted molar refractivity (Wildman–Crippen MR) is 75.5 cm³/mol. The Morgan fingerprint density at radius 2 is 2.25 bits per heavy atom. The summed E-state index contributed by atoms with van der Waals surface area (Å²) in [5.41, 5.74) is 0.700. The van der Waals surface area contributed by atoms with E-state index in [2.05, 4.69) is 15.1 Å². The Hall–Kier alpha value is -1.28. The lowest BCUT2D eigenvalue weighted by molar-refractivity contribution is 0.0414. The number of aliphatic hydroxyl groups is 1. The lowest BCUT2D eigenvalue weighted by Gasteiger charge is -2.19. The molecule has 2 aromatic rings. The molecular formula is C12H18ClN5O2. The number of aliphatic hydroxyl groups excluding tert-OH is 1. The van der Waals surface area contributed by atoms with Crippen LogP contribution >= 0.6 is 11.6 Å². The highest BCUT2D eigenvalue weighted by Gasteiger charge is 2.13. The summed E-state index contributed by atoms with van der Waals surface area (Å²) in [4.78, 5) is 10.6. The summed E-state index contributed by atoms with van der Waals surface area (Å²) in [5.74, 6) is 0.596. The van der Waals surface area contributed by atoms with Gasteiger partial charge in [0, 0.05) is 20.7 Å². The third-order valence-electron chi connectivity index (χ3n) is 2.88. The number of aryl methyl sites for hydroxylation is 1. The average molecular weight is 300 g/mol. The molecular weight excluding hydrogens is 282 g/mol. The molecule has 110 valence electrons. The van der Waals surface area contributed by atoms with Crippen LogP contribution in [0.25, 0.3) is 11.0 Å². The van der Waals surface area contributed by atoms with Crippen molar-refractivity contribution in [2.45, 2.75) is 12.6 Å². The lowest BCUT2D eigenvalue weighted by Crippen LogP contribution is -2.32. The number of aromatic nitrogens is 4. The van der Waals surface area contributed by atoms with Crippen LogP contribution in [-0.4, -0.2) is 63.2 Å². The zero-order valence-corrected chi connectivity index (χ0v) is 12.5. The molecule has 1 atom stereocenters. The van der Waals surface area contributed by atoms with Crippen LogP contribution in [0.3, 0.4) is 0 Å². The number of hydrogen-bond acceptors (Lipinski definition) is 6. The molecule has 2 heterocycles. The Balaban J connectivity index is 2.11. The monoisotopic (exact) mass is 299 g/mol. The van der Waals surface area contributed by atoms with Crippen LogP contribution in [0.4, 0.5) is 0 Å². The first kappa shape index (κ1) is 15.1. The molecule has 0 aliphatic rings. The second-order valence-corrected chi connectivity index (χ2v) is 5.10. The summed E-state index contributed by atoms with van der Waals surface area (Å²) in [7, 11) is 5.24. The largest absolute Gasteiger partial charge is 0.389 e. The van der Waals surface area contributed by atoms with Gasteiger partial charge < -0.3 is 9.84 Å². The predicted octanol–water partition coefficient (Wildman–Crippen LogP) is 0.456. The van der Waals surface area contributed by atoms with Crippen molar-refractivity contribution in [3.63, 3.8) is 0 Å². The first-order chi connectivity index (χ1) is 9.51. The van der Waals surface area contributed by atoms with E-state index in [9.17, 15) is 5.11 Å². The van der Waals surface area contributed by atoms with E-state index in [-0.39, 0.29) is 0 Å². The molecule has 20 heavy (non-hydrogen) atoms. The molecule has 0 aliphatic heterocycles. The van der Waals surface area contributed by atoms with Crippen LogP contribution in [0, 0.1) is 0 Å². The van der Waals surface area contributed by atoms with Crippen LogP contribution in [0.1, 0.15) is 5.82 Å². The first-order valence-corrected chi connectivity index (χ1v) is 6.58. The molecule has 7 nitrogen and oxygen atoms in total. The zero-order valence-electron chi connectivity index (χ0n) is 11.7. The minimum absolute atomic E-state index is 0.298. The minimum atomic E-state index is -0.541. The maximum Gasteiger partial charge on any atom is 0.162 e. The topological polar surface area (TPSA) is 76.3 Å². The van der Waals surface area contributed by atoms with Crippen molar-refractivity contribution in [2.75, 3.05) is 27.3 Å². The third kappa shape index (κ3) is 3.43. The van der Waals surface area contributed by atoms with Gasteiger partial charge in [-0.3, -0.25) is 9.58 Å². The van der Waals surface area contributed by atoms with Gasteiger partial charge in [0.2, 0.25) is 0 Å². The van der Waals surface area contributed by atoms with Gasteiger partial charge in [-0.2, -0.15) is 5.10 Å². The van der Waals surface area contributed by atoms with Gasteiger partial charge in [0.15, 0.2) is 5.65 Å². The van der Waals surface area contributed by atoms with E-state index in [1.165, 1.54) is 0 Å². The Kier molecular flexibility index (Phi) is 4.87. The molecule has 0 aliphatic carbocycles. The smallest absolute Gasteiger partial charge is 0.162 e. The Labute approximate surface area is 122 Å². The molecule has 0 saturated heterocycles. The van der Waals surface area contributed by atoms with Gasteiger partial charge in [-0.05, 0) is 7.05 Å². The third-order valence-corrected chi connectivity index (χ3v) is 3.17. The van der Waals surface area contributed by atoms with Crippen molar-refractivity contribution >= 4 is 22.6 Å². The fourth-order valence-corrected chi connectivity index (χ4v) is 2.24. The summed E-state index contributed by atoms with van der Waals surface area (Å²) in [6.45, 7) is 1.26. The molecule has 2 aromatic heterocycles. The quantitative estimate of drug-likeness (QED) is 0.781. The van der Waals surface area contributed by atoms with Crippen molar-refractivity contribution in [1.82, 2.24) is 24.6 Å². The molecule has 1 N–H and O–H groups in total. The highest BCUT2D eigenvalue weighted by Crippen LogP contribution is 2.19. The van der Waals surface area contributed by atoms with E-state index in [1.54, 1.807) is 18.0 Å². The normalized spacial score (nSPS) is 13.3. The summed E-state index contributed by atoms with van der Waals surface area (Å²) in [6, 6.07) is 0. The number of likely N-dealkylation sites (N-methyl/N-ethyl adjacent to an activating group) is 1. The number of rotatable bonds is 6. The Morgan fingerprint density at radius 3 is 2.95 bits per heavy atom. The van der Waals surface area contributed by atoms with Crippen molar-refractivity contribution in [3.05, 3.63) is 17.2 Å². The van der Waals surface area contributed by atoms with Crippen molar-refractivity contribution in [2.24, 2.45) is 7.05 Å². The highest BCUT2D eigenvalue weighted by molar-refractivity contribution is 6.33. The SMILES string of the molecule is COCC(O)CN(C)Cc1nc(Cl)c2cnn(C)c2n1. The Morgan fingerprint density at radius 1 is 1.50 bits per heavy atom. The van der Waals surface area contributed by atoms with Crippen LogP contribution in [0.2, 0.25) is 5.15 Å². The second kappa shape index (κ2) is 6.45. The van der Waals surface area contributed by atoms with Gasteiger partial charge in [-0.15, -0.1) is 0 Å².